The minimum atomic E-state index is 0.0371. The largest absolute Gasteiger partial charge is 0.505 e. The molecule has 2 aromatic carbocycles. The molecule has 2 aromatic heterocycles. The summed E-state index contributed by atoms with van der Waals surface area (Å²) in [6.45, 7) is 3.92. The summed E-state index contributed by atoms with van der Waals surface area (Å²) >= 11 is 8.37. The molecule has 0 saturated carbocycles. The summed E-state index contributed by atoms with van der Waals surface area (Å²) in [7, 11) is 0. The van der Waals surface area contributed by atoms with Gasteiger partial charge in [0.1, 0.15) is 33.3 Å². The smallest absolute Gasteiger partial charge is 0.178 e. The molecule has 1 aliphatic heterocycles. The molecule has 0 amide bonds. The lowest BCUT2D eigenvalue weighted by molar-refractivity contribution is 0.112. The van der Waals surface area contributed by atoms with E-state index >= 15 is 0 Å². The van der Waals surface area contributed by atoms with Gasteiger partial charge in [0.15, 0.2) is 11.3 Å². The average Bonchev–Trinajstić information content (AvgIpc) is 3.36. The molecule has 0 bridgehead atoms. The third-order valence-electron chi connectivity index (χ3n) is 6.71. The highest BCUT2D eigenvalue weighted by molar-refractivity contribution is 9.11. The van der Waals surface area contributed by atoms with Crippen LogP contribution in [0.2, 0.25) is 0 Å². The van der Waals surface area contributed by atoms with Crippen molar-refractivity contribution in [1.29, 1.82) is 0 Å². The van der Waals surface area contributed by atoms with Crippen LogP contribution in [0.5, 0.6) is 11.5 Å². The number of phenols is 1. The van der Waals surface area contributed by atoms with Gasteiger partial charge in [-0.05, 0) is 87.7 Å². The Morgan fingerprint density at radius 1 is 1.11 bits per heavy atom. The van der Waals surface area contributed by atoms with Gasteiger partial charge in [-0.2, -0.15) is 0 Å². The molecule has 0 radical (unpaired) electrons. The molecule has 1 fully saturated rings. The molecule has 0 unspecified atom stereocenters. The molecule has 0 spiro atoms. The van der Waals surface area contributed by atoms with Gasteiger partial charge in [0.2, 0.25) is 0 Å². The Labute approximate surface area is 243 Å². The van der Waals surface area contributed by atoms with Crippen LogP contribution in [0.4, 0.5) is 5.00 Å². The second kappa shape index (κ2) is 12.0. The Bertz CT molecular complexity index is 1440. The number of nitrogens with zero attached hydrogens (tertiary/aromatic N) is 3. The van der Waals surface area contributed by atoms with E-state index < -0.39 is 0 Å². The molecule has 4 aromatic rings. The summed E-state index contributed by atoms with van der Waals surface area (Å²) in [4.78, 5) is 23.3. The van der Waals surface area contributed by atoms with E-state index in [1.807, 2.05) is 25.1 Å². The van der Waals surface area contributed by atoms with Gasteiger partial charge in [0.25, 0.3) is 0 Å². The molecule has 1 N–H and O–H groups in total. The van der Waals surface area contributed by atoms with Crippen molar-refractivity contribution in [2.24, 2.45) is 5.92 Å². The highest BCUT2D eigenvalue weighted by Gasteiger charge is 2.28. The van der Waals surface area contributed by atoms with Crippen molar-refractivity contribution in [2.45, 2.75) is 32.8 Å². The summed E-state index contributed by atoms with van der Waals surface area (Å²) in [5, 5.41) is 12.0. The molecular formula is C29H27Br2N3O3S. The van der Waals surface area contributed by atoms with Crippen molar-refractivity contribution in [3.05, 3.63) is 85.5 Å². The van der Waals surface area contributed by atoms with E-state index in [9.17, 15) is 9.90 Å². The van der Waals surface area contributed by atoms with Crippen LogP contribution < -0.4 is 9.64 Å². The number of anilines is 1. The second-order valence-corrected chi connectivity index (χ2v) is 12.1. The number of piperidine rings is 1. The van der Waals surface area contributed by atoms with E-state index in [0.29, 0.717) is 36.9 Å². The molecule has 5 rings (SSSR count). The number of hydrogen-bond donors (Lipinski definition) is 1. The Kier molecular flexibility index (Phi) is 8.45. The molecular weight excluding hydrogens is 630 g/mol. The van der Waals surface area contributed by atoms with E-state index in [1.165, 1.54) is 16.9 Å². The van der Waals surface area contributed by atoms with Crippen LogP contribution >= 0.6 is 43.2 Å². The minimum absolute atomic E-state index is 0.0371. The van der Waals surface area contributed by atoms with E-state index in [1.54, 1.807) is 6.07 Å². The molecule has 3 heterocycles. The Morgan fingerprint density at radius 3 is 2.58 bits per heavy atom. The molecule has 38 heavy (non-hydrogen) atoms. The molecule has 9 heteroatoms. The number of aromatic hydroxyl groups is 1. The molecule has 6 nitrogen and oxygen atoms in total. The number of rotatable bonds is 8. The number of aryl methyl sites for hydroxylation is 1. The fourth-order valence-corrected chi connectivity index (χ4v) is 6.97. The second-order valence-electron chi connectivity index (χ2n) is 9.40. The first kappa shape index (κ1) is 26.8. The lowest BCUT2D eigenvalue weighted by Crippen LogP contribution is -2.34. The number of carbonyl (C=O) groups excluding carboxylic acids is 1. The number of aromatic nitrogens is 2. The summed E-state index contributed by atoms with van der Waals surface area (Å²) in [5.74, 6) is 1.11. The number of ether oxygens (including phenoxy) is 1. The van der Waals surface area contributed by atoms with Gasteiger partial charge in [-0.15, -0.1) is 0 Å². The van der Waals surface area contributed by atoms with Crippen molar-refractivity contribution in [2.75, 3.05) is 18.0 Å². The average molecular weight is 657 g/mol. The highest BCUT2D eigenvalue weighted by Crippen LogP contribution is 2.49. The van der Waals surface area contributed by atoms with Gasteiger partial charge in [-0.3, -0.25) is 9.78 Å². The van der Waals surface area contributed by atoms with Crippen molar-refractivity contribution in [1.82, 2.24) is 9.97 Å². The van der Waals surface area contributed by atoms with Crippen LogP contribution in [-0.2, 0) is 13.0 Å². The fourth-order valence-electron chi connectivity index (χ4n) is 4.79. The lowest BCUT2D eigenvalue weighted by Gasteiger charge is -2.33. The maximum atomic E-state index is 11.8. The summed E-state index contributed by atoms with van der Waals surface area (Å²) in [5.41, 5.74) is 4.42. The third kappa shape index (κ3) is 5.95. The minimum Gasteiger partial charge on any atom is -0.505 e. The monoisotopic (exact) mass is 655 g/mol. The van der Waals surface area contributed by atoms with Crippen LogP contribution in [0.3, 0.4) is 0 Å². The van der Waals surface area contributed by atoms with Gasteiger partial charge in [0.05, 0.1) is 10.2 Å². The van der Waals surface area contributed by atoms with Gasteiger partial charge in [-0.25, -0.2) is 4.98 Å². The first-order valence-corrected chi connectivity index (χ1v) is 14.8. The number of carbonyl (C=O) groups is 1. The molecule has 1 saturated heterocycles. The first-order chi connectivity index (χ1) is 18.4. The molecule has 0 aliphatic carbocycles. The summed E-state index contributed by atoms with van der Waals surface area (Å²) in [6, 6.07) is 18.2. The topological polar surface area (TPSA) is 75.5 Å². The van der Waals surface area contributed by atoms with Gasteiger partial charge >= 0.3 is 0 Å². The predicted octanol–water partition coefficient (Wildman–Crippen LogP) is 7.59. The van der Waals surface area contributed by atoms with E-state index in [0.717, 1.165) is 55.0 Å². The zero-order valence-electron chi connectivity index (χ0n) is 20.9. The zero-order chi connectivity index (χ0) is 26.6. The molecule has 1 aliphatic rings. The van der Waals surface area contributed by atoms with Crippen LogP contribution in [0, 0.1) is 12.8 Å². The predicted molar refractivity (Wildman–Crippen MR) is 158 cm³/mol. The van der Waals surface area contributed by atoms with Crippen molar-refractivity contribution < 1.29 is 14.6 Å². The van der Waals surface area contributed by atoms with Gasteiger partial charge < -0.3 is 14.7 Å². The SMILES string of the molecule is Cc1cccc(COc2c(-c3nc(C=O)sc3N3CCC(Cc4ccccc4)CC3)cc(Br)c(O)c2Br)n1. The van der Waals surface area contributed by atoms with Crippen molar-refractivity contribution in [3.63, 3.8) is 0 Å². The third-order valence-corrected chi connectivity index (χ3v) is 9.09. The highest BCUT2D eigenvalue weighted by atomic mass is 79.9. The quantitative estimate of drug-likeness (QED) is 0.197. The number of pyridine rings is 1. The van der Waals surface area contributed by atoms with Crippen LogP contribution in [-0.4, -0.2) is 34.5 Å². The standard InChI is InChI=1S/C29H27Br2N3O3S/c1-18-6-5-9-21(32-18)17-37-28-22(15-23(30)27(36)25(28)31)26-29(38-24(16-35)33-26)34-12-10-20(11-13-34)14-19-7-3-2-4-8-19/h2-9,15-16,20,36H,10-14,17H2,1H3. The lowest BCUT2D eigenvalue weighted by atomic mass is 9.90. The van der Waals surface area contributed by atoms with Crippen LogP contribution in [0.15, 0.2) is 63.5 Å². The maximum absolute atomic E-state index is 11.8. The molecule has 196 valence electrons. The zero-order valence-corrected chi connectivity index (χ0v) is 24.9. The van der Waals surface area contributed by atoms with E-state index in [2.05, 4.69) is 72.1 Å². The number of phenolic OH excluding ortho intramolecular Hbond substituents is 1. The Morgan fingerprint density at radius 2 is 1.87 bits per heavy atom. The number of hydrogen-bond acceptors (Lipinski definition) is 7. The summed E-state index contributed by atoms with van der Waals surface area (Å²) < 4.78 is 7.16. The van der Waals surface area contributed by atoms with Gasteiger partial charge in [-0.1, -0.05) is 47.7 Å². The van der Waals surface area contributed by atoms with Crippen molar-refractivity contribution >= 4 is 54.5 Å². The van der Waals surface area contributed by atoms with Crippen LogP contribution in [0.1, 0.15) is 39.6 Å². The number of thiazole rings is 1. The number of aldehydes is 1. The van der Waals surface area contributed by atoms with E-state index in [-0.39, 0.29) is 12.4 Å². The van der Waals surface area contributed by atoms with Crippen LogP contribution in [0.25, 0.3) is 11.3 Å². The fraction of sp³-hybridized carbons (Fsp3) is 0.276. The maximum Gasteiger partial charge on any atom is 0.178 e. The number of benzene rings is 2. The number of halogens is 2. The van der Waals surface area contributed by atoms with Gasteiger partial charge in [0, 0.05) is 24.3 Å². The van der Waals surface area contributed by atoms with Crippen molar-refractivity contribution in [3.8, 4) is 22.8 Å². The first-order valence-electron chi connectivity index (χ1n) is 12.4. The van der Waals surface area contributed by atoms with E-state index in [4.69, 9.17) is 9.72 Å². The normalized spacial score (nSPS) is 14.0. The summed E-state index contributed by atoms with van der Waals surface area (Å²) in [6.07, 6.45) is 4.00. The Hall–Kier alpha value is -2.75. The Balaban J connectivity index is 1.44. The molecule has 0 atom stereocenters.